The lowest BCUT2D eigenvalue weighted by atomic mass is 10.6. The lowest BCUT2D eigenvalue weighted by molar-refractivity contribution is 0.449. The summed E-state index contributed by atoms with van der Waals surface area (Å²) in [6.07, 6.45) is 0. The van der Waals surface area contributed by atoms with Crippen molar-refractivity contribution in [3.8, 4) is 11.5 Å². The Labute approximate surface area is 84.3 Å². The maximum Gasteiger partial charge on any atom is 0.243 e. The molecule has 13 heavy (non-hydrogen) atoms. The van der Waals surface area contributed by atoms with Crippen LogP contribution in [0.5, 0.6) is 0 Å². The van der Waals surface area contributed by atoms with E-state index in [2.05, 4.69) is 57.3 Å². The lowest BCUT2D eigenvalue weighted by Crippen LogP contribution is -2.24. The Morgan fingerprint density at radius 2 is 1.54 bits per heavy atom. The van der Waals surface area contributed by atoms with Crippen molar-refractivity contribution >= 4 is 16.4 Å². The first-order valence-electron chi connectivity index (χ1n) is 4.51. The second kappa shape index (κ2) is 4.16. The van der Waals surface area contributed by atoms with Crippen molar-refractivity contribution in [2.45, 2.75) is 39.3 Å². The van der Waals surface area contributed by atoms with E-state index in [4.69, 9.17) is 4.43 Å². The van der Waals surface area contributed by atoms with E-state index in [9.17, 15) is 0 Å². The summed E-state index contributed by atoms with van der Waals surface area (Å²) in [5.41, 5.74) is 3.23. The zero-order valence-corrected chi connectivity index (χ0v) is 11.6. The van der Waals surface area contributed by atoms with Gasteiger partial charge in [0.05, 0.1) is 0 Å². The van der Waals surface area contributed by atoms with Crippen LogP contribution in [0.1, 0.15) is 0 Å². The minimum Gasteiger partial charge on any atom is -0.539 e. The van der Waals surface area contributed by atoms with Gasteiger partial charge in [0.15, 0.2) is 0 Å². The fourth-order valence-corrected chi connectivity index (χ4v) is 1.96. The van der Waals surface area contributed by atoms with Gasteiger partial charge in [-0.2, -0.15) is 0 Å². The predicted octanol–water partition coefficient (Wildman–Crippen LogP) is 3.23. The maximum atomic E-state index is 5.63. The van der Waals surface area contributed by atoms with E-state index in [0.29, 0.717) is 5.76 Å². The van der Waals surface area contributed by atoms with E-state index in [1.165, 1.54) is 0 Å². The minimum atomic E-state index is -1.50. The van der Waals surface area contributed by atoms with Gasteiger partial charge in [-0.05, 0) is 32.1 Å². The van der Waals surface area contributed by atoms with Gasteiger partial charge in [0.25, 0.3) is 0 Å². The number of rotatable bonds is 2. The van der Waals surface area contributed by atoms with Crippen molar-refractivity contribution in [3.05, 3.63) is 12.3 Å². The van der Waals surface area contributed by atoms with Gasteiger partial charge < -0.3 is 4.43 Å². The van der Waals surface area contributed by atoms with E-state index in [-0.39, 0.29) is 0 Å². The fourth-order valence-electron chi connectivity index (χ4n) is 0.652. The summed E-state index contributed by atoms with van der Waals surface area (Å²) in [6.45, 7) is 16.8. The second-order valence-electron chi connectivity index (χ2n) is 5.14. The lowest BCUT2D eigenvalue weighted by Gasteiger charge is -2.17. The van der Waals surface area contributed by atoms with Crippen molar-refractivity contribution in [1.29, 1.82) is 0 Å². The molecule has 0 rings (SSSR count). The molecule has 0 aromatic heterocycles. The molecule has 0 aliphatic carbocycles. The highest BCUT2D eigenvalue weighted by Gasteiger charge is 2.16. The molecule has 0 aromatic carbocycles. The van der Waals surface area contributed by atoms with Crippen LogP contribution in [0, 0.1) is 11.5 Å². The van der Waals surface area contributed by atoms with Crippen molar-refractivity contribution < 1.29 is 4.43 Å². The molecule has 0 saturated carbocycles. The highest BCUT2D eigenvalue weighted by molar-refractivity contribution is 6.83. The molecule has 0 radical (unpaired) electrons. The topological polar surface area (TPSA) is 9.23 Å². The van der Waals surface area contributed by atoms with Crippen molar-refractivity contribution in [2.24, 2.45) is 0 Å². The summed E-state index contributed by atoms with van der Waals surface area (Å²) in [6, 6.07) is 0. The average molecular weight is 212 g/mol. The van der Waals surface area contributed by atoms with Gasteiger partial charge in [0, 0.05) is 0 Å². The zero-order chi connectivity index (χ0) is 10.7. The summed E-state index contributed by atoms with van der Waals surface area (Å²) in [7, 11) is -2.79. The third-order valence-electron chi connectivity index (χ3n) is 1.01. The summed E-state index contributed by atoms with van der Waals surface area (Å²) < 4.78 is 5.63. The van der Waals surface area contributed by atoms with Crippen LogP contribution < -0.4 is 0 Å². The SMILES string of the molecule is C=C(C#C[Si](C)(C)C)O[Si](C)(C)C. The summed E-state index contributed by atoms with van der Waals surface area (Å²) in [5.74, 6) is 3.65. The highest BCUT2D eigenvalue weighted by Crippen LogP contribution is 2.08. The molecule has 74 valence electrons. The number of allylic oxidation sites excluding steroid dienone is 1. The monoisotopic (exact) mass is 212 g/mol. The van der Waals surface area contributed by atoms with Gasteiger partial charge in [-0.1, -0.05) is 19.6 Å². The van der Waals surface area contributed by atoms with Crippen LogP contribution in [0.15, 0.2) is 12.3 Å². The third-order valence-corrected chi connectivity index (χ3v) is 2.74. The molecule has 0 saturated heterocycles. The molecule has 0 heterocycles. The average Bonchev–Trinajstić information content (AvgIpc) is 1.78. The Morgan fingerprint density at radius 1 is 1.08 bits per heavy atom. The van der Waals surface area contributed by atoms with E-state index >= 15 is 0 Å². The fraction of sp³-hybridized carbons (Fsp3) is 0.600. The first-order valence-corrected chi connectivity index (χ1v) is 11.4. The highest BCUT2D eigenvalue weighted by atomic mass is 28.4. The Morgan fingerprint density at radius 3 is 1.85 bits per heavy atom. The second-order valence-corrected chi connectivity index (χ2v) is 14.3. The van der Waals surface area contributed by atoms with Crippen molar-refractivity contribution in [2.75, 3.05) is 0 Å². The van der Waals surface area contributed by atoms with Crippen LogP contribution in [0.2, 0.25) is 39.3 Å². The van der Waals surface area contributed by atoms with Gasteiger partial charge >= 0.3 is 0 Å². The van der Waals surface area contributed by atoms with Gasteiger partial charge in [0.2, 0.25) is 8.32 Å². The van der Waals surface area contributed by atoms with Crippen LogP contribution >= 0.6 is 0 Å². The summed E-state index contributed by atoms with van der Waals surface area (Å²) in [4.78, 5) is 0. The van der Waals surface area contributed by atoms with Crippen molar-refractivity contribution in [3.63, 3.8) is 0 Å². The molecule has 0 spiro atoms. The molecular weight excluding hydrogens is 192 g/mol. The molecule has 0 aromatic rings. The number of hydrogen-bond acceptors (Lipinski definition) is 1. The van der Waals surface area contributed by atoms with E-state index in [1.807, 2.05) is 0 Å². The molecule has 0 aliphatic heterocycles. The molecule has 3 heteroatoms. The Bertz CT molecular complexity index is 245. The molecule has 1 nitrogen and oxygen atoms in total. The Hall–Kier alpha value is -0.466. The first-order chi connectivity index (χ1) is 5.60. The van der Waals surface area contributed by atoms with Gasteiger partial charge in [-0.3, -0.25) is 0 Å². The first kappa shape index (κ1) is 12.5. The van der Waals surface area contributed by atoms with E-state index in [0.717, 1.165) is 0 Å². The molecular formula is C10H20OSi2. The quantitative estimate of drug-likeness (QED) is 0.388. The molecule has 0 bridgehead atoms. The van der Waals surface area contributed by atoms with Gasteiger partial charge in [-0.25, -0.2) is 0 Å². The molecule has 0 aliphatic rings. The van der Waals surface area contributed by atoms with Crippen LogP contribution in [0.25, 0.3) is 0 Å². The predicted molar refractivity (Wildman–Crippen MR) is 64.7 cm³/mol. The largest absolute Gasteiger partial charge is 0.539 e. The Kier molecular flexibility index (Phi) is 4.01. The summed E-state index contributed by atoms with van der Waals surface area (Å²) in [5, 5.41) is 0. The summed E-state index contributed by atoms with van der Waals surface area (Å²) >= 11 is 0. The van der Waals surface area contributed by atoms with Gasteiger partial charge in [0.1, 0.15) is 13.8 Å². The third kappa shape index (κ3) is 9.45. The van der Waals surface area contributed by atoms with Crippen LogP contribution in [-0.4, -0.2) is 16.4 Å². The molecule has 0 atom stereocenters. The Balaban J connectivity index is 4.23. The van der Waals surface area contributed by atoms with E-state index < -0.39 is 16.4 Å². The molecule has 0 unspecified atom stereocenters. The van der Waals surface area contributed by atoms with Crippen LogP contribution in [0.4, 0.5) is 0 Å². The maximum absolute atomic E-state index is 5.63. The van der Waals surface area contributed by atoms with Crippen molar-refractivity contribution in [1.82, 2.24) is 0 Å². The standard InChI is InChI=1S/C10H20OSi2/c1-10(11-13(5,6)7)8-9-12(2,3)4/h1H2,2-7H3. The molecule has 0 fully saturated rings. The van der Waals surface area contributed by atoms with Crippen LogP contribution in [-0.2, 0) is 4.43 Å². The minimum absolute atomic E-state index is 0.640. The normalized spacial score (nSPS) is 11.5. The molecule has 0 N–H and O–H groups in total. The molecule has 0 amide bonds. The number of hydrogen-bond donors (Lipinski definition) is 0. The van der Waals surface area contributed by atoms with E-state index in [1.54, 1.807) is 0 Å². The zero-order valence-electron chi connectivity index (χ0n) is 9.62. The smallest absolute Gasteiger partial charge is 0.243 e. The van der Waals surface area contributed by atoms with Crippen LogP contribution in [0.3, 0.4) is 0 Å². The van der Waals surface area contributed by atoms with Gasteiger partial charge in [-0.15, -0.1) is 5.54 Å².